The number of rotatable bonds is 5. The van der Waals surface area contributed by atoms with Crippen LogP contribution in [0.5, 0.6) is 6.01 Å². The van der Waals surface area contributed by atoms with Crippen molar-refractivity contribution in [3.05, 3.63) is 35.0 Å². The predicted octanol–water partition coefficient (Wildman–Crippen LogP) is 1.99. The van der Waals surface area contributed by atoms with Crippen LogP contribution in [-0.4, -0.2) is 51.8 Å². The minimum atomic E-state index is 0.243. The Hall–Kier alpha value is -1.57. The standard InChI is InChI=1S/C16H20N4O2S/c1-4-18-16(19-5-1)22-11-12-2-3-13-15(12)21-8-7-20(13)10-14-17-6-9-23-14/h1,4-6,9,12-13,15H,2-3,7-8,10-11H2/t12-,13-,15+/m0/s1. The van der Waals surface area contributed by atoms with Gasteiger partial charge in [0, 0.05) is 42.5 Å². The minimum absolute atomic E-state index is 0.243. The van der Waals surface area contributed by atoms with Crippen LogP contribution in [0.1, 0.15) is 17.8 Å². The molecular formula is C16H20N4O2S. The molecule has 6 nitrogen and oxygen atoms in total. The molecule has 1 saturated carbocycles. The van der Waals surface area contributed by atoms with Gasteiger partial charge in [-0.3, -0.25) is 4.90 Å². The molecule has 7 heteroatoms. The van der Waals surface area contributed by atoms with Crippen molar-refractivity contribution in [2.75, 3.05) is 19.8 Å². The van der Waals surface area contributed by atoms with E-state index in [-0.39, 0.29) is 6.10 Å². The van der Waals surface area contributed by atoms with Gasteiger partial charge < -0.3 is 9.47 Å². The molecule has 0 unspecified atom stereocenters. The van der Waals surface area contributed by atoms with Gasteiger partial charge in [-0.25, -0.2) is 15.0 Å². The van der Waals surface area contributed by atoms with Crippen LogP contribution in [-0.2, 0) is 11.3 Å². The van der Waals surface area contributed by atoms with Gasteiger partial charge in [-0.2, -0.15) is 0 Å². The summed E-state index contributed by atoms with van der Waals surface area (Å²) in [7, 11) is 0. The van der Waals surface area contributed by atoms with Crippen LogP contribution in [0.2, 0.25) is 0 Å². The van der Waals surface area contributed by atoms with Crippen LogP contribution in [0, 0.1) is 5.92 Å². The molecular weight excluding hydrogens is 312 g/mol. The summed E-state index contributed by atoms with van der Waals surface area (Å²) in [6.07, 6.45) is 7.80. The van der Waals surface area contributed by atoms with Crippen LogP contribution in [0.15, 0.2) is 30.0 Å². The zero-order valence-electron chi connectivity index (χ0n) is 12.9. The second-order valence-electron chi connectivity index (χ2n) is 5.98. The van der Waals surface area contributed by atoms with Crippen LogP contribution < -0.4 is 4.74 Å². The van der Waals surface area contributed by atoms with Crippen molar-refractivity contribution in [2.24, 2.45) is 5.92 Å². The van der Waals surface area contributed by atoms with Crippen molar-refractivity contribution in [1.82, 2.24) is 19.9 Å². The van der Waals surface area contributed by atoms with Crippen molar-refractivity contribution in [2.45, 2.75) is 31.5 Å². The first-order valence-electron chi connectivity index (χ1n) is 8.04. The van der Waals surface area contributed by atoms with Gasteiger partial charge in [0.25, 0.3) is 0 Å². The van der Waals surface area contributed by atoms with E-state index < -0.39 is 0 Å². The fourth-order valence-electron chi connectivity index (χ4n) is 3.56. The molecule has 4 rings (SSSR count). The Morgan fingerprint density at radius 2 is 2.13 bits per heavy atom. The van der Waals surface area contributed by atoms with Gasteiger partial charge >= 0.3 is 6.01 Å². The van der Waals surface area contributed by atoms with Crippen molar-refractivity contribution in [3.63, 3.8) is 0 Å². The van der Waals surface area contributed by atoms with E-state index in [1.54, 1.807) is 29.8 Å². The molecule has 2 aromatic rings. The zero-order chi connectivity index (χ0) is 15.5. The molecule has 0 bridgehead atoms. The van der Waals surface area contributed by atoms with Gasteiger partial charge in [-0.1, -0.05) is 0 Å². The molecule has 0 amide bonds. The van der Waals surface area contributed by atoms with E-state index in [0.717, 1.165) is 32.5 Å². The van der Waals surface area contributed by atoms with Crippen LogP contribution in [0.4, 0.5) is 0 Å². The molecule has 2 aliphatic rings. The van der Waals surface area contributed by atoms with Crippen LogP contribution >= 0.6 is 11.3 Å². The number of hydrogen-bond acceptors (Lipinski definition) is 7. The summed E-state index contributed by atoms with van der Waals surface area (Å²) in [6, 6.07) is 2.71. The first kappa shape index (κ1) is 15.0. The first-order chi connectivity index (χ1) is 11.4. The van der Waals surface area contributed by atoms with Gasteiger partial charge in [0.2, 0.25) is 0 Å². The van der Waals surface area contributed by atoms with Crippen molar-refractivity contribution < 1.29 is 9.47 Å². The Morgan fingerprint density at radius 1 is 1.22 bits per heavy atom. The maximum Gasteiger partial charge on any atom is 0.316 e. The van der Waals surface area contributed by atoms with Gasteiger partial charge in [0.05, 0.1) is 25.9 Å². The highest BCUT2D eigenvalue weighted by atomic mass is 32.1. The second kappa shape index (κ2) is 6.90. The Kier molecular flexibility index (Phi) is 4.50. The summed E-state index contributed by atoms with van der Waals surface area (Å²) in [5.41, 5.74) is 0. The SMILES string of the molecule is c1cnc(OC[C@@H]2CC[C@H]3[C@@H]2OCCN3Cc2nccs2)nc1. The van der Waals surface area contributed by atoms with E-state index in [0.29, 0.717) is 24.6 Å². The predicted molar refractivity (Wildman–Crippen MR) is 86.3 cm³/mol. The first-order valence-corrected chi connectivity index (χ1v) is 8.92. The third kappa shape index (κ3) is 3.36. The van der Waals surface area contributed by atoms with E-state index in [4.69, 9.17) is 9.47 Å². The topological polar surface area (TPSA) is 60.4 Å². The van der Waals surface area contributed by atoms with Crippen molar-refractivity contribution in [1.29, 1.82) is 0 Å². The molecule has 3 heterocycles. The van der Waals surface area contributed by atoms with E-state index >= 15 is 0 Å². The fourth-order valence-corrected chi connectivity index (χ4v) is 4.20. The highest BCUT2D eigenvalue weighted by molar-refractivity contribution is 7.09. The molecule has 122 valence electrons. The summed E-state index contributed by atoms with van der Waals surface area (Å²) in [6.45, 7) is 3.31. The van der Waals surface area contributed by atoms with E-state index in [1.807, 2.05) is 11.6 Å². The molecule has 23 heavy (non-hydrogen) atoms. The third-order valence-electron chi connectivity index (χ3n) is 4.63. The molecule has 0 N–H and O–H groups in total. The number of thiazole rings is 1. The molecule has 2 fully saturated rings. The summed E-state index contributed by atoms with van der Waals surface area (Å²) in [4.78, 5) is 15.2. The third-order valence-corrected chi connectivity index (χ3v) is 5.39. The highest BCUT2D eigenvalue weighted by Crippen LogP contribution is 2.35. The quantitative estimate of drug-likeness (QED) is 0.834. The number of morpholine rings is 1. The molecule has 0 radical (unpaired) electrons. The lowest BCUT2D eigenvalue weighted by Crippen LogP contribution is -2.50. The van der Waals surface area contributed by atoms with Crippen molar-refractivity contribution in [3.8, 4) is 6.01 Å². The second-order valence-corrected chi connectivity index (χ2v) is 6.96. The lowest BCUT2D eigenvalue weighted by atomic mass is 10.0. The Bertz CT molecular complexity index is 610. The largest absolute Gasteiger partial charge is 0.463 e. The number of nitrogens with zero attached hydrogens (tertiary/aromatic N) is 4. The van der Waals surface area contributed by atoms with Gasteiger partial charge in [-0.05, 0) is 18.9 Å². The summed E-state index contributed by atoms with van der Waals surface area (Å²) < 4.78 is 11.8. The lowest BCUT2D eigenvalue weighted by molar-refractivity contribution is -0.0819. The van der Waals surface area contributed by atoms with Crippen LogP contribution in [0.25, 0.3) is 0 Å². The van der Waals surface area contributed by atoms with E-state index in [1.165, 1.54) is 5.01 Å². The normalized spacial score (nSPS) is 27.7. The number of ether oxygens (including phenoxy) is 2. The monoisotopic (exact) mass is 332 g/mol. The van der Waals surface area contributed by atoms with Gasteiger partial charge in [-0.15, -0.1) is 11.3 Å². The lowest BCUT2D eigenvalue weighted by Gasteiger charge is -2.38. The summed E-state index contributed by atoms with van der Waals surface area (Å²) in [5, 5.41) is 3.22. The van der Waals surface area contributed by atoms with E-state index in [9.17, 15) is 0 Å². The average molecular weight is 332 g/mol. The number of fused-ring (bicyclic) bond motifs is 1. The Balaban J connectivity index is 1.37. The average Bonchev–Trinajstić information content (AvgIpc) is 3.24. The molecule has 1 aliphatic heterocycles. The summed E-state index contributed by atoms with van der Waals surface area (Å²) >= 11 is 1.72. The number of aromatic nitrogens is 3. The molecule has 3 atom stereocenters. The zero-order valence-corrected chi connectivity index (χ0v) is 13.7. The maximum absolute atomic E-state index is 6.07. The highest BCUT2D eigenvalue weighted by Gasteiger charge is 2.43. The Labute approximate surface area is 139 Å². The molecule has 2 aromatic heterocycles. The fraction of sp³-hybridized carbons (Fsp3) is 0.562. The molecule has 0 spiro atoms. The maximum atomic E-state index is 6.07. The molecule has 0 aromatic carbocycles. The van der Waals surface area contributed by atoms with E-state index in [2.05, 4.69) is 19.9 Å². The van der Waals surface area contributed by atoms with Gasteiger partial charge in [0.1, 0.15) is 5.01 Å². The van der Waals surface area contributed by atoms with Gasteiger partial charge in [0.15, 0.2) is 0 Å². The smallest absolute Gasteiger partial charge is 0.316 e. The molecule has 1 saturated heterocycles. The van der Waals surface area contributed by atoms with Crippen molar-refractivity contribution >= 4 is 11.3 Å². The Morgan fingerprint density at radius 3 is 2.96 bits per heavy atom. The minimum Gasteiger partial charge on any atom is -0.463 e. The van der Waals surface area contributed by atoms with Crippen LogP contribution in [0.3, 0.4) is 0 Å². The molecule has 1 aliphatic carbocycles. The summed E-state index contributed by atoms with van der Waals surface area (Å²) in [5.74, 6) is 0.405. The number of hydrogen-bond donors (Lipinski definition) is 0.